The number of nitrogens with one attached hydrogen (secondary N) is 1. The van der Waals surface area contributed by atoms with Crippen molar-refractivity contribution in [2.24, 2.45) is 0 Å². The molecule has 0 bridgehead atoms. The van der Waals surface area contributed by atoms with Crippen molar-refractivity contribution < 1.29 is 23.4 Å². The number of rotatable bonds is 7. The Morgan fingerprint density at radius 2 is 1.88 bits per heavy atom. The van der Waals surface area contributed by atoms with Gasteiger partial charge in [0.1, 0.15) is 11.8 Å². The predicted octanol–water partition coefficient (Wildman–Crippen LogP) is 4.48. The highest BCUT2D eigenvalue weighted by Gasteiger charge is 2.44. The van der Waals surface area contributed by atoms with E-state index in [0.29, 0.717) is 22.0 Å². The summed E-state index contributed by atoms with van der Waals surface area (Å²) in [7, 11) is -4.00. The summed E-state index contributed by atoms with van der Waals surface area (Å²) in [4.78, 5) is 12.0. The zero-order valence-corrected chi connectivity index (χ0v) is 21.7. The van der Waals surface area contributed by atoms with Gasteiger partial charge in [0.15, 0.2) is 0 Å². The lowest BCUT2D eigenvalue weighted by atomic mass is 9.96. The zero-order chi connectivity index (χ0) is 23.7. The molecule has 1 aliphatic heterocycles. The quantitative estimate of drug-likeness (QED) is 0.398. The molecule has 1 heterocycles. The van der Waals surface area contributed by atoms with Crippen LogP contribution in [0.25, 0.3) is 0 Å². The lowest BCUT2D eigenvalue weighted by molar-refractivity contribution is -0.140. The van der Waals surface area contributed by atoms with Crippen LogP contribution in [-0.4, -0.2) is 47.2 Å². The Labute approximate surface area is 210 Å². The molecule has 11 heteroatoms. The second kappa shape index (κ2) is 10.0. The first-order chi connectivity index (χ1) is 14.9. The lowest BCUT2D eigenvalue weighted by Crippen LogP contribution is -2.64. The van der Waals surface area contributed by atoms with Gasteiger partial charge in [-0.15, -0.1) is 0 Å². The number of halogens is 3. The van der Waals surface area contributed by atoms with E-state index in [9.17, 15) is 23.4 Å². The van der Waals surface area contributed by atoms with Crippen molar-refractivity contribution in [2.75, 3.05) is 6.54 Å². The third-order valence-electron chi connectivity index (χ3n) is 5.48. The Morgan fingerprint density at radius 1 is 1.22 bits per heavy atom. The van der Waals surface area contributed by atoms with Crippen LogP contribution in [0.5, 0.6) is 5.75 Å². The second-order valence-electron chi connectivity index (χ2n) is 7.94. The predicted molar refractivity (Wildman–Crippen MR) is 132 cm³/mol. The molecule has 7 nitrogen and oxygen atoms in total. The van der Waals surface area contributed by atoms with Gasteiger partial charge in [0, 0.05) is 16.6 Å². The second-order valence-corrected chi connectivity index (χ2v) is 11.8. The average Bonchev–Trinajstić information content (AvgIpc) is 2.69. The number of benzene rings is 2. The van der Waals surface area contributed by atoms with Gasteiger partial charge < -0.3 is 10.2 Å². The molecule has 2 aromatic carbocycles. The van der Waals surface area contributed by atoms with E-state index in [4.69, 9.17) is 23.2 Å². The Hall–Kier alpha value is -1.11. The largest absolute Gasteiger partial charge is 0.507 e. The first kappa shape index (κ1) is 25.5. The van der Waals surface area contributed by atoms with Crippen molar-refractivity contribution >= 4 is 61.8 Å². The monoisotopic (exact) mass is 612 g/mol. The molecule has 0 aliphatic carbocycles. The molecular weight excluding hydrogens is 590 g/mol. The number of carbonyl (C=O) groups is 1. The van der Waals surface area contributed by atoms with Crippen LogP contribution in [0.15, 0.2) is 41.3 Å². The third-order valence-corrected chi connectivity index (χ3v) is 8.78. The maximum absolute atomic E-state index is 13.5. The van der Waals surface area contributed by atoms with Gasteiger partial charge in [0.2, 0.25) is 10.0 Å². The van der Waals surface area contributed by atoms with E-state index in [1.54, 1.807) is 19.1 Å². The molecule has 1 saturated heterocycles. The first-order valence-corrected chi connectivity index (χ1v) is 13.2. The van der Waals surface area contributed by atoms with Crippen molar-refractivity contribution in [3.05, 3.63) is 55.6 Å². The number of hydrogen-bond donors (Lipinski definition) is 3. The first-order valence-electron chi connectivity index (χ1n) is 9.89. The highest BCUT2D eigenvalue weighted by Crippen LogP contribution is 2.34. The molecule has 3 rings (SSSR count). The van der Waals surface area contributed by atoms with Crippen molar-refractivity contribution in [3.63, 3.8) is 0 Å². The van der Waals surface area contributed by atoms with E-state index < -0.39 is 27.7 Å². The van der Waals surface area contributed by atoms with E-state index in [2.05, 4.69) is 5.32 Å². The number of aromatic hydroxyl groups is 1. The number of piperidine rings is 1. The van der Waals surface area contributed by atoms with Crippen LogP contribution < -0.4 is 5.32 Å². The molecule has 174 valence electrons. The molecule has 1 unspecified atom stereocenters. The molecule has 3 N–H and O–H groups in total. The van der Waals surface area contributed by atoms with Crippen molar-refractivity contribution in [1.82, 2.24) is 9.62 Å². The number of nitrogens with zero attached hydrogens (tertiary/aromatic N) is 1. The maximum Gasteiger partial charge on any atom is 0.321 e. The van der Waals surface area contributed by atoms with Gasteiger partial charge in [0.05, 0.1) is 14.1 Å². The average molecular weight is 613 g/mol. The number of phenolic OH excluding ortho intramolecular Hbond substituents is 1. The fourth-order valence-electron chi connectivity index (χ4n) is 3.92. The lowest BCUT2D eigenvalue weighted by Gasteiger charge is -2.45. The van der Waals surface area contributed by atoms with E-state index >= 15 is 0 Å². The maximum atomic E-state index is 13.5. The molecule has 32 heavy (non-hydrogen) atoms. The molecule has 2 aromatic rings. The topological polar surface area (TPSA) is 107 Å². The fourth-order valence-corrected chi connectivity index (χ4v) is 7.00. The summed E-state index contributed by atoms with van der Waals surface area (Å²) in [6.45, 7) is 1.94. The van der Waals surface area contributed by atoms with Crippen molar-refractivity contribution in [2.45, 2.75) is 49.2 Å². The number of phenols is 1. The highest BCUT2D eigenvalue weighted by molar-refractivity contribution is 14.1. The molecular formula is C21H23Cl2IN2O5S. The van der Waals surface area contributed by atoms with Gasteiger partial charge in [-0.05, 0) is 91.1 Å². The fraction of sp³-hybridized carbons (Fsp3) is 0.381. The summed E-state index contributed by atoms with van der Waals surface area (Å²) in [5.41, 5.74) is -0.415. The van der Waals surface area contributed by atoms with E-state index in [-0.39, 0.29) is 33.7 Å². The normalized spacial score (nSPS) is 20.8. The van der Waals surface area contributed by atoms with E-state index in [1.165, 1.54) is 28.6 Å². The van der Waals surface area contributed by atoms with E-state index in [1.807, 2.05) is 22.6 Å². The van der Waals surface area contributed by atoms with Gasteiger partial charge in [0.25, 0.3) is 0 Å². The van der Waals surface area contributed by atoms with Crippen LogP contribution in [0.2, 0.25) is 10.0 Å². The standard InChI is InChI=1S/C21H23Cl2IN2O5S/c1-21(25-18(20(28)29)9-13-4-5-19(27)17(24)8-13)6-2-3-7-26(21)32(30,31)16-11-14(22)10-15(23)12-16/h4-5,8,10-12,18,25,27H,2-3,6-7,9H2,1H3,(H,28,29)/t18-,21?/m0/s1. The Morgan fingerprint density at radius 3 is 2.47 bits per heavy atom. The minimum Gasteiger partial charge on any atom is -0.507 e. The van der Waals surface area contributed by atoms with Crippen LogP contribution in [-0.2, 0) is 21.2 Å². The molecule has 1 aliphatic rings. The van der Waals surface area contributed by atoms with Crippen LogP contribution in [0, 0.1) is 3.57 Å². The Kier molecular flexibility index (Phi) is 7.99. The number of hydrogen-bond acceptors (Lipinski definition) is 5. The SMILES string of the molecule is CC1(N[C@@H](Cc2ccc(O)c(I)c2)C(=O)O)CCCCN1S(=O)(=O)c1cc(Cl)cc(Cl)c1. The van der Waals surface area contributed by atoms with Crippen LogP contribution in [0.1, 0.15) is 31.7 Å². The molecule has 0 spiro atoms. The number of carboxylic acid groups (broad SMARTS) is 1. The molecule has 0 radical (unpaired) electrons. The Balaban J connectivity index is 1.93. The summed E-state index contributed by atoms with van der Waals surface area (Å²) in [5, 5.41) is 23.1. The molecule has 1 fully saturated rings. The molecule has 2 atom stereocenters. The smallest absolute Gasteiger partial charge is 0.321 e. The van der Waals surface area contributed by atoms with Crippen LogP contribution >= 0.6 is 45.8 Å². The summed E-state index contributed by atoms with van der Waals surface area (Å²) >= 11 is 14.0. The molecule has 0 aromatic heterocycles. The van der Waals surface area contributed by atoms with Gasteiger partial charge >= 0.3 is 5.97 Å². The van der Waals surface area contributed by atoms with Crippen LogP contribution in [0.3, 0.4) is 0 Å². The van der Waals surface area contributed by atoms with Gasteiger partial charge in [-0.2, -0.15) is 4.31 Å². The summed E-state index contributed by atoms with van der Waals surface area (Å²) in [6.07, 6.45) is 1.96. The summed E-state index contributed by atoms with van der Waals surface area (Å²) in [6, 6.07) is 7.96. The van der Waals surface area contributed by atoms with Crippen molar-refractivity contribution in [1.29, 1.82) is 0 Å². The Bertz CT molecular complexity index is 1110. The number of carboxylic acids is 1. The summed E-state index contributed by atoms with van der Waals surface area (Å²) < 4.78 is 28.9. The highest BCUT2D eigenvalue weighted by atomic mass is 127. The molecule has 0 saturated carbocycles. The summed E-state index contributed by atoms with van der Waals surface area (Å²) in [5.74, 6) is -0.978. The third kappa shape index (κ3) is 5.68. The zero-order valence-electron chi connectivity index (χ0n) is 17.2. The van der Waals surface area contributed by atoms with E-state index in [0.717, 1.165) is 6.42 Å². The minimum atomic E-state index is -4.00. The van der Waals surface area contributed by atoms with Gasteiger partial charge in [-0.1, -0.05) is 29.3 Å². The number of aliphatic carboxylic acids is 1. The molecule has 0 amide bonds. The van der Waals surface area contributed by atoms with Gasteiger partial charge in [-0.25, -0.2) is 8.42 Å². The van der Waals surface area contributed by atoms with Gasteiger partial charge in [-0.3, -0.25) is 10.1 Å². The van der Waals surface area contributed by atoms with Crippen molar-refractivity contribution in [3.8, 4) is 5.75 Å². The minimum absolute atomic E-state index is 0.0371. The number of sulfonamides is 1. The van der Waals surface area contributed by atoms with Crippen LogP contribution in [0.4, 0.5) is 0 Å².